The SMILES string of the molecule is CCCCn1c(C=O)ccc1CO. The summed E-state index contributed by atoms with van der Waals surface area (Å²) in [6.45, 7) is 2.91. The standard InChI is InChI=1S/C10H15NO2/c1-2-3-6-11-9(7-12)4-5-10(11)8-13/h4-5,7,13H,2-3,6,8H2,1H3. The molecule has 0 saturated carbocycles. The van der Waals surface area contributed by atoms with Crippen LogP contribution in [0.4, 0.5) is 0 Å². The van der Waals surface area contributed by atoms with E-state index in [1.54, 1.807) is 12.1 Å². The molecular weight excluding hydrogens is 166 g/mol. The fraction of sp³-hybridized carbons (Fsp3) is 0.500. The number of aliphatic hydroxyl groups excluding tert-OH is 1. The van der Waals surface area contributed by atoms with Crippen LogP contribution >= 0.6 is 0 Å². The van der Waals surface area contributed by atoms with Gasteiger partial charge in [0.2, 0.25) is 0 Å². The second kappa shape index (κ2) is 4.82. The largest absolute Gasteiger partial charge is 0.390 e. The van der Waals surface area contributed by atoms with E-state index in [0.717, 1.165) is 31.4 Å². The van der Waals surface area contributed by atoms with Crippen molar-refractivity contribution in [1.29, 1.82) is 0 Å². The van der Waals surface area contributed by atoms with Gasteiger partial charge >= 0.3 is 0 Å². The van der Waals surface area contributed by atoms with Gasteiger partial charge in [0.15, 0.2) is 6.29 Å². The lowest BCUT2D eigenvalue weighted by atomic mass is 10.3. The molecule has 1 aromatic rings. The second-order valence-electron chi connectivity index (χ2n) is 3.03. The maximum Gasteiger partial charge on any atom is 0.166 e. The Morgan fingerprint density at radius 3 is 2.85 bits per heavy atom. The molecule has 0 saturated heterocycles. The molecule has 13 heavy (non-hydrogen) atoms. The van der Waals surface area contributed by atoms with Gasteiger partial charge in [0.1, 0.15) is 0 Å². The van der Waals surface area contributed by atoms with Gasteiger partial charge in [-0.1, -0.05) is 13.3 Å². The Morgan fingerprint density at radius 1 is 1.54 bits per heavy atom. The molecule has 0 aromatic carbocycles. The van der Waals surface area contributed by atoms with E-state index in [9.17, 15) is 4.79 Å². The third kappa shape index (κ3) is 2.18. The van der Waals surface area contributed by atoms with E-state index < -0.39 is 0 Å². The lowest BCUT2D eigenvalue weighted by molar-refractivity contribution is 0.111. The van der Waals surface area contributed by atoms with Crippen molar-refractivity contribution in [3.8, 4) is 0 Å². The quantitative estimate of drug-likeness (QED) is 0.701. The van der Waals surface area contributed by atoms with E-state index in [-0.39, 0.29) is 6.61 Å². The van der Waals surface area contributed by atoms with Gasteiger partial charge in [0.05, 0.1) is 12.3 Å². The summed E-state index contributed by atoms with van der Waals surface area (Å²) in [5, 5.41) is 8.99. The van der Waals surface area contributed by atoms with E-state index >= 15 is 0 Å². The number of aliphatic hydroxyl groups is 1. The van der Waals surface area contributed by atoms with Crippen LogP contribution in [0.2, 0.25) is 0 Å². The summed E-state index contributed by atoms with van der Waals surface area (Å²) < 4.78 is 1.87. The van der Waals surface area contributed by atoms with Crippen molar-refractivity contribution in [2.75, 3.05) is 0 Å². The lowest BCUT2D eigenvalue weighted by Gasteiger charge is -2.07. The summed E-state index contributed by atoms with van der Waals surface area (Å²) in [5.74, 6) is 0. The van der Waals surface area contributed by atoms with Crippen LogP contribution in [0.25, 0.3) is 0 Å². The van der Waals surface area contributed by atoms with Crippen LogP contribution in [0.3, 0.4) is 0 Å². The van der Waals surface area contributed by atoms with Crippen LogP contribution in [0.1, 0.15) is 35.9 Å². The molecule has 0 aliphatic rings. The lowest BCUT2D eigenvalue weighted by Crippen LogP contribution is -2.06. The summed E-state index contributed by atoms with van der Waals surface area (Å²) in [6, 6.07) is 3.54. The molecule has 1 rings (SSSR count). The van der Waals surface area contributed by atoms with Crippen LogP contribution in [-0.4, -0.2) is 16.0 Å². The number of nitrogens with zero attached hydrogens (tertiary/aromatic N) is 1. The van der Waals surface area contributed by atoms with Gasteiger partial charge in [0.25, 0.3) is 0 Å². The highest BCUT2D eigenvalue weighted by Crippen LogP contribution is 2.09. The predicted octanol–water partition coefficient (Wildman–Crippen LogP) is 1.59. The zero-order chi connectivity index (χ0) is 9.68. The maximum absolute atomic E-state index is 10.6. The van der Waals surface area contributed by atoms with Crippen molar-refractivity contribution >= 4 is 6.29 Å². The monoisotopic (exact) mass is 181 g/mol. The molecule has 1 aromatic heterocycles. The number of rotatable bonds is 5. The van der Waals surface area contributed by atoms with Gasteiger partial charge in [-0.15, -0.1) is 0 Å². The molecule has 0 aliphatic heterocycles. The van der Waals surface area contributed by atoms with Crippen LogP contribution in [0.15, 0.2) is 12.1 Å². The van der Waals surface area contributed by atoms with Crippen molar-refractivity contribution in [2.45, 2.75) is 32.9 Å². The maximum atomic E-state index is 10.6. The summed E-state index contributed by atoms with van der Waals surface area (Å²) in [6.07, 6.45) is 2.94. The van der Waals surface area contributed by atoms with Gasteiger partial charge in [0, 0.05) is 12.2 Å². The van der Waals surface area contributed by atoms with Crippen molar-refractivity contribution in [1.82, 2.24) is 4.57 Å². The van der Waals surface area contributed by atoms with Crippen molar-refractivity contribution in [3.05, 3.63) is 23.5 Å². The summed E-state index contributed by atoms with van der Waals surface area (Å²) in [5.41, 5.74) is 1.47. The number of hydrogen-bond acceptors (Lipinski definition) is 2. The van der Waals surface area contributed by atoms with E-state index in [4.69, 9.17) is 5.11 Å². The molecule has 1 N–H and O–H groups in total. The minimum absolute atomic E-state index is 0.00243. The van der Waals surface area contributed by atoms with E-state index in [1.807, 2.05) is 4.57 Å². The molecule has 1 heterocycles. The summed E-state index contributed by atoms with van der Waals surface area (Å²) >= 11 is 0. The van der Waals surface area contributed by atoms with E-state index in [0.29, 0.717) is 5.69 Å². The van der Waals surface area contributed by atoms with E-state index in [1.165, 1.54) is 0 Å². The molecule has 72 valence electrons. The van der Waals surface area contributed by atoms with Crippen LogP contribution in [0.5, 0.6) is 0 Å². The smallest absolute Gasteiger partial charge is 0.166 e. The Hall–Kier alpha value is -1.09. The Bertz CT molecular complexity index is 278. The van der Waals surface area contributed by atoms with Crippen LogP contribution in [-0.2, 0) is 13.2 Å². The average Bonchev–Trinajstić information content (AvgIpc) is 2.56. The van der Waals surface area contributed by atoms with Crippen molar-refractivity contribution < 1.29 is 9.90 Å². The minimum Gasteiger partial charge on any atom is -0.390 e. The number of unbranched alkanes of at least 4 members (excludes halogenated alkanes) is 1. The fourth-order valence-electron chi connectivity index (χ4n) is 1.36. The molecule has 0 unspecified atom stereocenters. The molecular formula is C10H15NO2. The highest BCUT2D eigenvalue weighted by atomic mass is 16.3. The third-order valence-electron chi connectivity index (χ3n) is 2.12. The minimum atomic E-state index is -0.00243. The van der Waals surface area contributed by atoms with Gasteiger partial charge in [-0.2, -0.15) is 0 Å². The van der Waals surface area contributed by atoms with Gasteiger partial charge < -0.3 is 9.67 Å². The first-order valence-corrected chi connectivity index (χ1v) is 4.58. The Morgan fingerprint density at radius 2 is 2.31 bits per heavy atom. The number of carbonyl (C=O) groups is 1. The normalized spacial score (nSPS) is 10.3. The fourth-order valence-corrected chi connectivity index (χ4v) is 1.36. The van der Waals surface area contributed by atoms with Gasteiger partial charge in [-0.3, -0.25) is 4.79 Å². The second-order valence-corrected chi connectivity index (χ2v) is 3.03. The summed E-state index contributed by atoms with van der Waals surface area (Å²) in [7, 11) is 0. The topological polar surface area (TPSA) is 42.2 Å². The third-order valence-corrected chi connectivity index (χ3v) is 2.12. The van der Waals surface area contributed by atoms with Gasteiger partial charge in [-0.25, -0.2) is 0 Å². The van der Waals surface area contributed by atoms with Crippen LogP contribution < -0.4 is 0 Å². The first-order chi connectivity index (χ1) is 6.33. The first-order valence-electron chi connectivity index (χ1n) is 4.58. The Labute approximate surface area is 78.0 Å². The average molecular weight is 181 g/mol. The van der Waals surface area contributed by atoms with Crippen molar-refractivity contribution in [2.24, 2.45) is 0 Å². The molecule has 0 bridgehead atoms. The highest BCUT2D eigenvalue weighted by Gasteiger charge is 2.05. The Balaban J connectivity index is 2.84. The number of hydrogen-bond donors (Lipinski definition) is 1. The van der Waals surface area contributed by atoms with Crippen molar-refractivity contribution in [3.63, 3.8) is 0 Å². The molecule has 0 radical (unpaired) electrons. The molecule has 3 heteroatoms. The van der Waals surface area contributed by atoms with Gasteiger partial charge in [-0.05, 0) is 18.6 Å². The van der Waals surface area contributed by atoms with E-state index in [2.05, 4.69) is 6.92 Å². The number of aldehydes is 1. The number of aromatic nitrogens is 1. The molecule has 0 amide bonds. The zero-order valence-corrected chi connectivity index (χ0v) is 7.86. The first kappa shape index (κ1) is 9.99. The van der Waals surface area contributed by atoms with Crippen LogP contribution in [0, 0.1) is 0 Å². The molecule has 0 fully saturated rings. The predicted molar refractivity (Wildman–Crippen MR) is 50.7 cm³/mol. The number of carbonyl (C=O) groups excluding carboxylic acids is 1. The zero-order valence-electron chi connectivity index (χ0n) is 7.86. The molecule has 3 nitrogen and oxygen atoms in total. The highest BCUT2D eigenvalue weighted by molar-refractivity contribution is 5.72. The summed E-state index contributed by atoms with van der Waals surface area (Å²) in [4.78, 5) is 10.6. The molecule has 0 spiro atoms. The molecule has 0 atom stereocenters. The Kier molecular flexibility index (Phi) is 3.71. The molecule has 0 aliphatic carbocycles.